The maximum absolute atomic E-state index is 11.5. The van der Waals surface area contributed by atoms with Crippen LogP contribution in [-0.2, 0) is 19.4 Å². The van der Waals surface area contributed by atoms with Crippen molar-refractivity contribution in [2.45, 2.75) is 39.0 Å². The normalized spacial score (nSPS) is 11.2. The Morgan fingerprint density at radius 1 is 1.17 bits per heavy atom. The Morgan fingerprint density at radius 2 is 1.83 bits per heavy atom. The number of amides is 1. The van der Waals surface area contributed by atoms with Crippen molar-refractivity contribution in [2.24, 2.45) is 0 Å². The fourth-order valence-corrected chi connectivity index (χ4v) is 2.65. The molecule has 0 aromatic carbocycles. The van der Waals surface area contributed by atoms with Crippen LogP contribution in [0.1, 0.15) is 39.0 Å². The molecule has 0 fully saturated rings. The average molecular weight is 279 g/mol. The number of carboxylic acid groups (broad SMARTS) is 1. The van der Waals surface area contributed by atoms with Crippen LogP contribution in [0.4, 0.5) is 0 Å². The van der Waals surface area contributed by atoms with E-state index >= 15 is 0 Å². The number of carbonyl (C=O) groups excluding carboxylic acids is 1. The first kappa shape index (κ1) is 16.9. The lowest BCUT2D eigenvalue weighted by Gasteiger charge is -2.05. The van der Waals surface area contributed by atoms with Crippen molar-refractivity contribution in [3.05, 3.63) is 0 Å². The van der Waals surface area contributed by atoms with Crippen LogP contribution in [-0.4, -0.2) is 43.5 Å². The summed E-state index contributed by atoms with van der Waals surface area (Å²) in [5.41, 5.74) is 0. The zero-order chi connectivity index (χ0) is 14.0. The van der Waals surface area contributed by atoms with E-state index in [1.807, 2.05) is 6.92 Å². The van der Waals surface area contributed by atoms with E-state index in [2.05, 4.69) is 5.32 Å². The molecule has 1 amide bonds. The van der Waals surface area contributed by atoms with Gasteiger partial charge in [0.05, 0.1) is 5.75 Å². The minimum Gasteiger partial charge on any atom is -0.481 e. The lowest BCUT2D eigenvalue weighted by atomic mass is 10.2. The van der Waals surface area contributed by atoms with Gasteiger partial charge in [0, 0.05) is 13.0 Å². The van der Waals surface area contributed by atoms with Crippen molar-refractivity contribution < 1.29 is 23.1 Å². The lowest BCUT2D eigenvalue weighted by molar-refractivity contribution is -0.137. The SMILES string of the molecule is CCCNC(=O)CS(=O)(=O)CCCCCC(=O)O. The number of nitrogens with one attached hydrogen (secondary N) is 1. The van der Waals surface area contributed by atoms with Crippen LogP contribution >= 0.6 is 0 Å². The summed E-state index contributed by atoms with van der Waals surface area (Å²) in [4.78, 5) is 21.5. The molecule has 0 heterocycles. The number of unbranched alkanes of at least 4 members (excludes halogenated alkanes) is 2. The Hall–Kier alpha value is -1.11. The van der Waals surface area contributed by atoms with Crippen LogP contribution in [0.15, 0.2) is 0 Å². The van der Waals surface area contributed by atoms with Gasteiger partial charge in [-0.1, -0.05) is 13.3 Å². The maximum Gasteiger partial charge on any atom is 0.303 e. The molecule has 0 saturated carbocycles. The Morgan fingerprint density at radius 3 is 2.39 bits per heavy atom. The first-order chi connectivity index (χ1) is 8.37. The van der Waals surface area contributed by atoms with E-state index in [0.717, 1.165) is 6.42 Å². The molecule has 7 heteroatoms. The van der Waals surface area contributed by atoms with E-state index in [4.69, 9.17) is 5.11 Å². The van der Waals surface area contributed by atoms with Gasteiger partial charge in [-0.3, -0.25) is 9.59 Å². The van der Waals surface area contributed by atoms with Gasteiger partial charge in [0.25, 0.3) is 0 Å². The molecule has 0 aromatic heterocycles. The van der Waals surface area contributed by atoms with Gasteiger partial charge in [0.2, 0.25) is 5.91 Å². The van der Waals surface area contributed by atoms with Crippen molar-refractivity contribution in [2.75, 3.05) is 18.1 Å². The molecule has 0 spiro atoms. The van der Waals surface area contributed by atoms with Crippen LogP contribution in [0.25, 0.3) is 0 Å². The highest BCUT2D eigenvalue weighted by Crippen LogP contribution is 2.03. The molecule has 2 N–H and O–H groups in total. The van der Waals surface area contributed by atoms with Crippen LogP contribution < -0.4 is 5.32 Å². The zero-order valence-electron chi connectivity index (χ0n) is 10.6. The van der Waals surface area contributed by atoms with Gasteiger partial charge in [-0.25, -0.2) is 8.42 Å². The summed E-state index contributed by atoms with van der Waals surface area (Å²) in [5, 5.41) is 10.9. The van der Waals surface area contributed by atoms with Crippen LogP contribution in [0, 0.1) is 0 Å². The minimum atomic E-state index is -3.37. The number of carbonyl (C=O) groups is 2. The summed E-state index contributed by atoms with van der Waals surface area (Å²) in [5.74, 6) is -1.89. The van der Waals surface area contributed by atoms with Gasteiger partial charge in [0.15, 0.2) is 9.84 Å². The molecule has 0 aliphatic rings. The summed E-state index contributed by atoms with van der Waals surface area (Å²) in [7, 11) is -3.37. The molecular weight excluding hydrogens is 258 g/mol. The summed E-state index contributed by atoms with van der Waals surface area (Å²) >= 11 is 0. The molecule has 0 bridgehead atoms. The molecule has 0 radical (unpaired) electrons. The Balaban J connectivity index is 3.80. The predicted molar refractivity (Wildman–Crippen MR) is 68.1 cm³/mol. The van der Waals surface area contributed by atoms with E-state index in [1.54, 1.807) is 0 Å². The fourth-order valence-electron chi connectivity index (χ4n) is 1.36. The van der Waals surface area contributed by atoms with Crippen molar-refractivity contribution in [3.8, 4) is 0 Å². The second-order valence-electron chi connectivity index (χ2n) is 4.15. The van der Waals surface area contributed by atoms with E-state index in [-0.39, 0.29) is 12.2 Å². The van der Waals surface area contributed by atoms with Crippen LogP contribution in [0.2, 0.25) is 0 Å². The standard InChI is InChI=1S/C11H21NO5S/c1-2-7-12-10(13)9-18(16,17)8-5-3-4-6-11(14)15/h2-9H2,1H3,(H,12,13)(H,14,15). The Bertz CT molecular complexity index is 364. The van der Waals surface area contributed by atoms with Crippen LogP contribution in [0.3, 0.4) is 0 Å². The van der Waals surface area contributed by atoms with E-state index in [0.29, 0.717) is 25.8 Å². The third-order valence-electron chi connectivity index (χ3n) is 2.27. The number of hydrogen-bond donors (Lipinski definition) is 2. The third kappa shape index (κ3) is 10.1. The predicted octanol–water partition coefficient (Wildman–Crippen LogP) is 0.572. The molecule has 0 atom stereocenters. The van der Waals surface area contributed by atoms with E-state index in [9.17, 15) is 18.0 Å². The number of rotatable bonds is 10. The summed E-state index contributed by atoms with van der Waals surface area (Å²) < 4.78 is 23.0. The molecule has 6 nitrogen and oxygen atoms in total. The maximum atomic E-state index is 11.5. The first-order valence-corrected chi connectivity index (χ1v) is 7.88. The second-order valence-corrected chi connectivity index (χ2v) is 6.33. The van der Waals surface area contributed by atoms with Gasteiger partial charge >= 0.3 is 5.97 Å². The summed E-state index contributed by atoms with van der Waals surface area (Å²) in [6.45, 7) is 2.37. The van der Waals surface area contributed by atoms with Crippen molar-refractivity contribution in [1.29, 1.82) is 0 Å². The smallest absolute Gasteiger partial charge is 0.303 e. The highest BCUT2D eigenvalue weighted by atomic mass is 32.2. The molecule has 0 rings (SSSR count). The minimum absolute atomic E-state index is 0.0526. The molecule has 0 saturated heterocycles. The molecule has 106 valence electrons. The molecule has 0 aliphatic heterocycles. The highest BCUT2D eigenvalue weighted by Gasteiger charge is 2.15. The third-order valence-corrected chi connectivity index (χ3v) is 3.88. The van der Waals surface area contributed by atoms with Gasteiger partial charge in [-0.15, -0.1) is 0 Å². The van der Waals surface area contributed by atoms with E-state index in [1.165, 1.54) is 0 Å². The van der Waals surface area contributed by atoms with Gasteiger partial charge in [-0.05, 0) is 19.3 Å². The zero-order valence-corrected chi connectivity index (χ0v) is 11.5. The summed E-state index contributed by atoms with van der Waals surface area (Å²) in [6.07, 6.45) is 2.23. The quantitative estimate of drug-likeness (QED) is 0.569. The molecule has 18 heavy (non-hydrogen) atoms. The van der Waals surface area contributed by atoms with Crippen molar-refractivity contribution in [3.63, 3.8) is 0 Å². The van der Waals surface area contributed by atoms with Gasteiger partial charge in [-0.2, -0.15) is 0 Å². The Kier molecular flexibility index (Phi) is 8.36. The van der Waals surface area contributed by atoms with Crippen LogP contribution in [0.5, 0.6) is 0 Å². The van der Waals surface area contributed by atoms with Gasteiger partial charge in [0.1, 0.15) is 5.75 Å². The number of sulfone groups is 1. The number of hydrogen-bond acceptors (Lipinski definition) is 4. The number of carboxylic acids is 1. The summed E-state index contributed by atoms with van der Waals surface area (Å²) in [6, 6.07) is 0. The highest BCUT2D eigenvalue weighted by molar-refractivity contribution is 7.92. The molecular formula is C11H21NO5S. The van der Waals surface area contributed by atoms with Crippen molar-refractivity contribution in [1.82, 2.24) is 5.32 Å². The second kappa shape index (κ2) is 8.91. The largest absolute Gasteiger partial charge is 0.481 e. The fraction of sp³-hybridized carbons (Fsp3) is 0.818. The molecule has 0 aromatic rings. The topological polar surface area (TPSA) is 101 Å². The van der Waals surface area contributed by atoms with E-state index < -0.39 is 27.5 Å². The average Bonchev–Trinajstić information content (AvgIpc) is 2.24. The first-order valence-electron chi connectivity index (χ1n) is 6.06. The molecule has 0 aliphatic carbocycles. The van der Waals surface area contributed by atoms with Crippen molar-refractivity contribution >= 4 is 21.7 Å². The molecule has 0 unspecified atom stereocenters. The monoisotopic (exact) mass is 279 g/mol. The lowest BCUT2D eigenvalue weighted by Crippen LogP contribution is -2.31. The van der Waals surface area contributed by atoms with Gasteiger partial charge < -0.3 is 10.4 Å². The Labute approximate surface area is 108 Å². The number of aliphatic carboxylic acids is 1.